The molecule has 26 heavy (non-hydrogen) atoms. The van der Waals surface area contributed by atoms with E-state index in [1.165, 1.54) is 33.7 Å². The van der Waals surface area contributed by atoms with Gasteiger partial charge in [0.1, 0.15) is 5.75 Å². The summed E-state index contributed by atoms with van der Waals surface area (Å²) < 4.78 is 0. The lowest BCUT2D eigenvalue weighted by atomic mass is 9.80. The Hall–Kier alpha value is -2.87. The van der Waals surface area contributed by atoms with Crippen molar-refractivity contribution in [3.05, 3.63) is 71.8 Å². The first-order valence-corrected chi connectivity index (χ1v) is 9.33. The van der Waals surface area contributed by atoms with Crippen LogP contribution in [0.15, 0.2) is 60.7 Å². The first kappa shape index (κ1) is 15.4. The normalized spacial score (nSPS) is 16.7. The van der Waals surface area contributed by atoms with E-state index in [0.29, 0.717) is 11.7 Å². The predicted molar refractivity (Wildman–Crippen MR) is 108 cm³/mol. The molecule has 1 aliphatic rings. The van der Waals surface area contributed by atoms with E-state index >= 15 is 0 Å². The number of aromatic hydroxyl groups is 1. The van der Waals surface area contributed by atoms with Crippen LogP contribution in [0.3, 0.4) is 0 Å². The predicted octanol–water partition coefficient (Wildman–Crippen LogP) is 5.89. The van der Waals surface area contributed by atoms with Crippen molar-refractivity contribution >= 4 is 21.7 Å². The van der Waals surface area contributed by atoms with Crippen molar-refractivity contribution in [2.24, 2.45) is 5.92 Å². The van der Waals surface area contributed by atoms with Crippen LogP contribution in [0, 0.1) is 5.92 Å². The van der Waals surface area contributed by atoms with Gasteiger partial charge < -0.3 is 5.11 Å². The van der Waals surface area contributed by atoms with Gasteiger partial charge in [0, 0.05) is 10.9 Å². The summed E-state index contributed by atoms with van der Waals surface area (Å²) in [5.74, 6) is 0.952. The minimum absolute atomic E-state index is 0.292. The molecular weight excluding hydrogens is 318 g/mol. The van der Waals surface area contributed by atoms with E-state index in [9.17, 15) is 5.11 Å². The van der Waals surface area contributed by atoms with Crippen LogP contribution in [0.1, 0.15) is 24.5 Å². The van der Waals surface area contributed by atoms with Gasteiger partial charge in [0.05, 0.1) is 11.2 Å². The van der Waals surface area contributed by atoms with E-state index < -0.39 is 0 Å². The topological polar surface area (TPSA) is 33.1 Å². The third-order valence-corrected chi connectivity index (χ3v) is 5.65. The van der Waals surface area contributed by atoms with E-state index in [-0.39, 0.29) is 0 Å². The molecule has 4 aromatic rings. The van der Waals surface area contributed by atoms with Crippen LogP contribution in [-0.2, 0) is 12.8 Å². The van der Waals surface area contributed by atoms with Crippen molar-refractivity contribution in [2.45, 2.75) is 26.2 Å². The molecule has 1 N–H and O–H groups in total. The fraction of sp³-hybridized carbons (Fsp3) is 0.208. The number of fused-ring (bicyclic) bond motifs is 5. The molecule has 0 spiro atoms. The fourth-order valence-electron chi connectivity index (χ4n) is 4.38. The second kappa shape index (κ2) is 5.84. The van der Waals surface area contributed by atoms with Gasteiger partial charge in [-0.05, 0) is 65.3 Å². The second-order valence-electron chi connectivity index (χ2n) is 7.50. The summed E-state index contributed by atoms with van der Waals surface area (Å²) in [6, 6.07) is 20.4. The van der Waals surface area contributed by atoms with Gasteiger partial charge >= 0.3 is 0 Å². The molecule has 1 heterocycles. The highest BCUT2D eigenvalue weighted by atomic mass is 16.3. The lowest BCUT2D eigenvalue weighted by Crippen LogP contribution is -2.14. The Kier molecular flexibility index (Phi) is 3.46. The van der Waals surface area contributed by atoms with E-state index in [1.54, 1.807) is 6.07 Å². The molecule has 3 aromatic carbocycles. The van der Waals surface area contributed by atoms with Gasteiger partial charge in [0.2, 0.25) is 0 Å². The number of pyridine rings is 1. The molecule has 2 nitrogen and oxygen atoms in total. The smallest absolute Gasteiger partial charge is 0.116 e. The third kappa shape index (κ3) is 2.37. The summed E-state index contributed by atoms with van der Waals surface area (Å²) in [6.07, 6.45) is 3.36. The molecular formula is C24H21NO. The Morgan fingerprint density at radius 1 is 0.962 bits per heavy atom. The third-order valence-electron chi connectivity index (χ3n) is 5.65. The Bertz CT molecular complexity index is 1150. The summed E-state index contributed by atoms with van der Waals surface area (Å²) >= 11 is 0. The Balaban J connectivity index is 1.90. The van der Waals surface area contributed by atoms with Crippen molar-refractivity contribution in [2.75, 3.05) is 0 Å². The number of hydrogen-bond donors (Lipinski definition) is 1. The molecule has 0 radical (unpaired) electrons. The first-order valence-electron chi connectivity index (χ1n) is 9.33. The average Bonchev–Trinajstić information content (AvgIpc) is 2.66. The summed E-state index contributed by atoms with van der Waals surface area (Å²) in [5, 5.41) is 13.8. The number of phenols is 1. The second-order valence-corrected chi connectivity index (χ2v) is 7.50. The molecule has 1 aliphatic carbocycles. The number of aryl methyl sites for hydroxylation is 1. The number of benzene rings is 3. The highest BCUT2D eigenvalue weighted by Gasteiger charge is 2.23. The Labute approximate surface area is 153 Å². The van der Waals surface area contributed by atoms with Crippen LogP contribution in [0.5, 0.6) is 5.75 Å². The molecule has 0 amide bonds. The summed E-state index contributed by atoms with van der Waals surface area (Å²) in [7, 11) is 0. The summed E-state index contributed by atoms with van der Waals surface area (Å²) in [4.78, 5) is 5.07. The zero-order chi connectivity index (χ0) is 17.7. The maximum absolute atomic E-state index is 9.96. The van der Waals surface area contributed by atoms with E-state index in [0.717, 1.165) is 29.6 Å². The van der Waals surface area contributed by atoms with E-state index in [2.05, 4.69) is 49.4 Å². The molecule has 0 bridgehead atoms. The molecule has 128 valence electrons. The van der Waals surface area contributed by atoms with Crippen LogP contribution < -0.4 is 0 Å². The molecule has 0 saturated heterocycles. The van der Waals surface area contributed by atoms with Gasteiger partial charge in [-0.25, -0.2) is 4.98 Å². The van der Waals surface area contributed by atoms with Gasteiger partial charge in [-0.3, -0.25) is 0 Å². The lowest BCUT2D eigenvalue weighted by molar-refractivity contribution is 0.475. The highest BCUT2D eigenvalue weighted by Crippen LogP contribution is 2.39. The quantitative estimate of drug-likeness (QED) is 0.439. The molecule has 1 atom stereocenters. The maximum atomic E-state index is 9.96. The highest BCUT2D eigenvalue weighted by molar-refractivity contribution is 6.09. The van der Waals surface area contributed by atoms with Gasteiger partial charge in [0.25, 0.3) is 0 Å². The molecule has 2 heteroatoms. The van der Waals surface area contributed by atoms with Crippen LogP contribution in [-0.4, -0.2) is 10.1 Å². The minimum Gasteiger partial charge on any atom is -0.508 e. The summed E-state index contributed by atoms with van der Waals surface area (Å²) in [6.45, 7) is 2.32. The van der Waals surface area contributed by atoms with Crippen molar-refractivity contribution < 1.29 is 5.11 Å². The number of aromatic nitrogens is 1. The van der Waals surface area contributed by atoms with Gasteiger partial charge in [-0.1, -0.05) is 49.4 Å². The zero-order valence-electron chi connectivity index (χ0n) is 14.9. The fourth-order valence-corrected chi connectivity index (χ4v) is 4.38. The van der Waals surface area contributed by atoms with Crippen molar-refractivity contribution in [3.8, 4) is 17.0 Å². The van der Waals surface area contributed by atoms with Crippen LogP contribution in [0.4, 0.5) is 0 Å². The average molecular weight is 339 g/mol. The van der Waals surface area contributed by atoms with Crippen molar-refractivity contribution in [1.82, 2.24) is 4.98 Å². The largest absolute Gasteiger partial charge is 0.508 e. The monoisotopic (exact) mass is 339 g/mol. The standard InChI is InChI=1S/C24H21NO/c1-15-9-11-20-21(13-15)24(17-6-4-7-18(26)14-17)25-22-12-10-16-5-2-3-8-19(16)23(20)22/h2-8,10,12,14-15,26H,9,11,13H2,1H3/t15-/m0/s1. The van der Waals surface area contributed by atoms with Gasteiger partial charge in [0.15, 0.2) is 0 Å². The Morgan fingerprint density at radius 2 is 1.85 bits per heavy atom. The molecule has 0 aliphatic heterocycles. The molecule has 1 aromatic heterocycles. The van der Waals surface area contributed by atoms with Gasteiger partial charge in [-0.2, -0.15) is 0 Å². The van der Waals surface area contributed by atoms with Crippen LogP contribution in [0.2, 0.25) is 0 Å². The number of phenolic OH excluding ortho intramolecular Hbond substituents is 1. The molecule has 0 fully saturated rings. The zero-order valence-corrected chi connectivity index (χ0v) is 14.9. The number of rotatable bonds is 1. The Morgan fingerprint density at radius 3 is 2.73 bits per heavy atom. The lowest BCUT2D eigenvalue weighted by Gasteiger charge is -2.26. The molecule has 0 unspecified atom stereocenters. The van der Waals surface area contributed by atoms with E-state index in [4.69, 9.17) is 4.98 Å². The minimum atomic E-state index is 0.292. The van der Waals surface area contributed by atoms with Crippen LogP contribution in [0.25, 0.3) is 32.9 Å². The SMILES string of the molecule is C[C@H]1CCc2c(c(-c3cccc(O)c3)nc3ccc4ccccc4c23)C1. The van der Waals surface area contributed by atoms with Crippen molar-refractivity contribution in [3.63, 3.8) is 0 Å². The van der Waals surface area contributed by atoms with E-state index in [1.807, 2.05) is 12.1 Å². The molecule has 5 rings (SSSR count). The molecule has 0 saturated carbocycles. The summed E-state index contributed by atoms with van der Waals surface area (Å²) in [5.41, 5.74) is 5.90. The van der Waals surface area contributed by atoms with Crippen LogP contribution >= 0.6 is 0 Å². The maximum Gasteiger partial charge on any atom is 0.116 e. The van der Waals surface area contributed by atoms with Gasteiger partial charge in [-0.15, -0.1) is 0 Å². The number of hydrogen-bond acceptors (Lipinski definition) is 2. The number of nitrogens with zero attached hydrogens (tertiary/aromatic N) is 1. The van der Waals surface area contributed by atoms with Crippen molar-refractivity contribution in [1.29, 1.82) is 0 Å². The first-order chi connectivity index (χ1) is 12.7.